The molecule has 0 radical (unpaired) electrons. The van der Waals surface area contributed by atoms with Crippen LogP contribution in [0.25, 0.3) is 5.69 Å². The Hall–Kier alpha value is -2.08. The van der Waals surface area contributed by atoms with Crippen LogP contribution in [0.15, 0.2) is 36.0 Å². The summed E-state index contributed by atoms with van der Waals surface area (Å²) in [5.41, 5.74) is 0.772. The Morgan fingerprint density at radius 3 is 2.70 bits per heavy atom. The zero-order chi connectivity index (χ0) is 16.2. The second-order valence-corrected chi connectivity index (χ2v) is 6.68. The molecule has 5 nitrogen and oxygen atoms in total. The average molecular weight is 332 g/mol. The molecule has 122 valence electrons. The summed E-state index contributed by atoms with van der Waals surface area (Å²) in [5.74, 6) is -0.679. The van der Waals surface area contributed by atoms with E-state index in [1.165, 1.54) is 11.3 Å². The first-order chi connectivity index (χ1) is 11.1. The number of carbonyl (C=O) groups is 2. The molecular weight excluding hydrogens is 312 g/mol. The van der Waals surface area contributed by atoms with Gasteiger partial charge < -0.3 is 14.6 Å². The lowest BCUT2D eigenvalue weighted by atomic mass is 10.2. The van der Waals surface area contributed by atoms with E-state index in [-0.39, 0.29) is 11.9 Å². The van der Waals surface area contributed by atoms with E-state index in [0.29, 0.717) is 4.88 Å². The molecule has 1 atom stereocenters. The summed E-state index contributed by atoms with van der Waals surface area (Å²) in [5, 5.41) is 4.80. The van der Waals surface area contributed by atoms with Gasteiger partial charge in [-0.2, -0.15) is 0 Å². The normalized spacial score (nSPS) is 16.2. The monoisotopic (exact) mass is 332 g/mol. The summed E-state index contributed by atoms with van der Waals surface area (Å²) in [4.78, 5) is 25.0. The zero-order valence-electron chi connectivity index (χ0n) is 13.0. The smallest absolute Gasteiger partial charge is 0.351 e. The van der Waals surface area contributed by atoms with Gasteiger partial charge in [-0.3, -0.25) is 4.79 Å². The molecule has 0 saturated heterocycles. The Morgan fingerprint density at radius 2 is 2.00 bits per heavy atom. The number of esters is 1. The second-order valence-electron chi connectivity index (χ2n) is 5.76. The highest BCUT2D eigenvalue weighted by Gasteiger charge is 2.25. The van der Waals surface area contributed by atoms with E-state index in [2.05, 4.69) is 5.32 Å². The topological polar surface area (TPSA) is 60.3 Å². The van der Waals surface area contributed by atoms with Crippen LogP contribution in [0.1, 0.15) is 42.3 Å². The van der Waals surface area contributed by atoms with Crippen LogP contribution in [0.5, 0.6) is 0 Å². The van der Waals surface area contributed by atoms with Crippen molar-refractivity contribution in [2.45, 2.75) is 44.8 Å². The fourth-order valence-electron chi connectivity index (χ4n) is 2.81. The van der Waals surface area contributed by atoms with Crippen molar-refractivity contribution < 1.29 is 14.3 Å². The third-order valence-corrected chi connectivity index (χ3v) is 4.95. The minimum absolute atomic E-state index is 0.218. The minimum Gasteiger partial charge on any atom is -0.448 e. The van der Waals surface area contributed by atoms with Gasteiger partial charge in [0.2, 0.25) is 0 Å². The van der Waals surface area contributed by atoms with Gasteiger partial charge in [-0.25, -0.2) is 4.79 Å². The van der Waals surface area contributed by atoms with E-state index in [0.717, 1.165) is 31.4 Å². The van der Waals surface area contributed by atoms with Gasteiger partial charge in [0.1, 0.15) is 4.88 Å². The van der Waals surface area contributed by atoms with Gasteiger partial charge in [0.15, 0.2) is 6.10 Å². The number of amides is 1. The highest BCUT2D eigenvalue weighted by atomic mass is 32.1. The number of hydrogen-bond donors (Lipinski definition) is 1. The molecule has 1 aliphatic carbocycles. The number of aromatic nitrogens is 1. The number of nitrogens with one attached hydrogen (secondary N) is 1. The van der Waals surface area contributed by atoms with Gasteiger partial charge in [-0.05, 0) is 43.3 Å². The Bertz CT molecular complexity index is 672. The number of nitrogens with zero attached hydrogens (tertiary/aromatic N) is 1. The van der Waals surface area contributed by atoms with Crippen molar-refractivity contribution in [1.29, 1.82) is 0 Å². The number of hydrogen-bond acceptors (Lipinski definition) is 4. The second kappa shape index (κ2) is 7.00. The molecule has 2 aromatic heterocycles. The predicted molar refractivity (Wildman–Crippen MR) is 88.9 cm³/mol. The first-order valence-corrected chi connectivity index (χ1v) is 8.75. The molecule has 2 heterocycles. The Labute approximate surface area is 139 Å². The maximum atomic E-state index is 12.4. The molecule has 0 aromatic carbocycles. The van der Waals surface area contributed by atoms with Gasteiger partial charge >= 0.3 is 5.97 Å². The van der Waals surface area contributed by atoms with E-state index in [1.807, 2.05) is 40.5 Å². The van der Waals surface area contributed by atoms with E-state index in [1.54, 1.807) is 6.92 Å². The molecule has 3 rings (SSSR count). The Kier molecular flexibility index (Phi) is 4.81. The maximum Gasteiger partial charge on any atom is 0.351 e. The first-order valence-electron chi connectivity index (χ1n) is 7.87. The van der Waals surface area contributed by atoms with Crippen LogP contribution in [0, 0.1) is 0 Å². The summed E-state index contributed by atoms with van der Waals surface area (Å²) in [6.07, 6.45) is 7.26. The third kappa shape index (κ3) is 3.64. The van der Waals surface area contributed by atoms with Crippen LogP contribution in [0.3, 0.4) is 0 Å². The van der Waals surface area contributed by atoms with Crippen LogP contribution >= 0.6 is 11.3 Å². The van der Waals surface area contributed by atoms with E-state index < -0.39 is 12.1 Å². The van der Waals surface area contributed by atoms with Crippen LogP contribution in [0.4, 0.5) is 0 Å². The van der Waals surface area contributed by atoms with Crippen molar-refractivity contribution in [3.8, 4) is 5.69 Å². The molecule has 0 aliphatic heterocycles. The van der Waals surface area contributed by atoms with Gasteiger partial charge in [0.05, 0.1) is 5.69 Å². The van der Waals surface area contributed by atoms with Crippen LogP contribution in [-0.2, 0) is 9.53 Å². The van der Waals surface area contributed by atoms with Crippen LogP contribution < -0.4 is 5.32 Å². The summed E-state index contributed by atoms with van der Waals surface area (Å²) in [6.45, 7) is 1.62. The molecule has 23 heavy (non-hydrogen) atoms. The summed E-state index contributed by atoms with van der Waals surface area (Å²) in [6, 6.07) is 5.88. The van der Waals surface area contributed by atoms with Crippen LogP contribution in [0.2, 0.25) is 0 Å². The number of thiophene rings is 1. The lowest BCUT2D eigenvalue weighted by molar-refractivity contribution is -0.129. The molecule has 1 amide bonds. The molecule has 1 unspecified atom stereocenters. The van der Waals surface area contributed by atoms with Crippen molar-refractivity contribution in [2.24, 2.45) is 0 Å². The van der Waals surface area contributed by atoms with Gasteiger partial charge in [0.25, 0.3) is 5.91 Å². The lowest BCUT2D eigenvalue weighted by Gasteiger charge is -2.17. The number of rotatable bonds is 5. The molecule has 1 fully saturated rings. The molecule has 6 heteroatoms. The van der Waals surface area contributed by atoms with Crippen molar-refractivity contribution in [1.82, 2.24) is 9.88 Å². The molecular formula is C17H20N2O3S. The third-order valence-electron chi connectivity index (χ3n) is 4.07. The molecule has 2 aromatic rings. The fourth-order valence-corrected chi connectivity index (χ4v) is 3.58. The zero-order valence-corrected chi connectivity index (χ0v) is 13.8. The van der Waals surface area contributed by atoms with Gasteiger partial charge in [-0.1, -0.05) is 12.8 Å². The summed E-state index contributed by atoms with van der Waals surface area (Å²) < 4.78 is 7.21. The summed E-state index contributed by atoms with van der Waals surface area (Å²) >= 11 is 1.32. The largest absolute Gasteiger partial charge is 0.448 e. The molecule has 1 N–H and O–H groups in total. The SMILES string of the molecule is CC(OC(=O)c1sccc1-n1cccc1)C(=O)NC1CCCC1. The Balaban J connectivity index is 1.62. The maximum absolute atomic E-state index is 12.4. The number of carbonyl (C=O) groups excluding carboxylic acids is 2. The lowest BCUT2D eigenvalue weighted by Crippen LogP contribution is -2.40. The molecule has 1 saturated carbocycles. The van der Waals surface area contributed by atoms with E-state index in [9.17, 15) is 9.59 Å². The molecule has 0 spiro atoms. The highest BCUT2D eigenvalue weighted by molar-refractivity contribution is 7.12. The van der Waals surface area contributed by atoms with Crippen molar-refractivity contribution >= 4 is 23.2 Å². The molecule has 0 bridgehead atoms. The van der Waals surface area contributed by atoms with Crippen molar-refractivity contribution in [3.63, 3.8) is 0 Å². The fraction of sp³-hybridized carbons (Fsp3) is 0.412. The predicted octanol–water partition coefficient (Wildman–Crippen LogP) is 3.14. The van der Waals surface area contributed by atoms with Crippen molar-refractivity contribution in [3.05, 3.63) is 40.8 Å². The van der Waals surface area contributed by atoms with Gasteiger partial charge in [0, 0.05) is 18.4 Å². The average Bonchev–Trinajstić information content (AvgIpc) is 3.27. The Morgan fingerprint density at radius 1 is 1.30 bits per heavy atom. The first kappa shape index (κ1) is 15.8. The van der Waals surface area contributed by atoms with E-state index >= 15 is 0 Å². The van der Waals surface area contributed by atoms with E-state index in [4.69, 9.17) is 4.74 Å². The highest BCUT2D eigenvalue weighted by Crippen LogP contribution is 2.23. The quantitative estimate of drug-likeness (QED) is 0.856. The standard InChI is InChI=1S/C17H20N2O3S/c1-12(16(20)18-13-6-2-3-7-13)22-17(21)15-14(8-11-23-15)19-9-4-5-10-19/h4-5,8-13H,2-3,6-7H2,1H3,(H,18,20). The van der Waals surface area contributed by atoms with Gasteiger partial charge in [-0.15, -0.1) is 11.3 Å². The summed E-state index contributed by atoms with van der Waals surface area (Å²) in [7, 11) is 0. The minimum atomic E-state index is -0.789. The molecule has 1 aliphatic rings. The van der Waals surface area contributed by atoms with Crippen LogP contribution in [-0.4, -0.2) is 28.6 Å². The van der Waals surface area contributed by atoms with Crippen molar-refractivity contribution in [2.75, 3.05) is 0 Å². The number of ether oxygens (including phenoxy) is 1.